The Bertz CT molecular complexity index is 481. The second kappa shape index (κ2) is 4.88. The average molecular weight is 273 g/mol. The van der Waals surface area contributed by atoms with Crippen molar-refractivity contribution in [3.63, 3.8) is 0 Å². The molecule has 2 N–H and O–H groups in total. The van der Waals surface area contributed by atoms with E-state index in [2.05, 4.69) is 19.8 Å². The fraction of sp³-hybridized carbons (Fsp3) is 0.733. The maximum atomic E-state index is 6.35. The zero-order valence-electron chi connectivity index (χ0n) is 11.9. The Morgan fingerprint density at radius 1 is 0.950 bits per heavy atom. The Labute approximate surface area is 120 Å². The minimum absolute atomic E-state index is 0.302. The molecular formula is C15H23N5. The molecule has 1 aliphatic carbocycles. The molecule has 1 saturated carbocycles. The van der Waals surface area contributed by atoms with Crippen molar-refractivity contribution in [2.45, 2.75) is 31.7 Å². The summed E-state index contributed by atoms with van der Waals surface area (Å²) in [5.74, 6) is 3.63. The molecule has 1 aromatic heterocycles. The molecule has 2 atom stereocenters. The Balaban J connectivity index is 1.58. The van der Waals surface area contributed by atoms with Gasteiger partial charge in [-0.1, -0.05) is 0 Å². The average Bonchev–Trinajstić information content (AvgIpc) is 3.02. The van der Waals surface area contributed by atoms with Crippen molar-refractivity contribution in [1.29, 1.82) is 0 Å². The standard InChI is InChI=1S/C15H23N5/c16-13-10-20(9-12(13)11-3-4-11)15-14(17-5-6-18-15)19-7-1-2-8-19/h5-6,11-13H,1-4,7-10,16H2/t12-,13+/m0/s1. The first-order chi connectivity index (χ1) is 9.83. The van der Waals surface area contributed by atoms with Gasteiger partial charge in [0.25, 0.3) is 0 Å². The normalized spacial score (nSPS) is 30.2. The molecule has 0 amide bonds. The molecule has 2 saturated heterocycles. The third-order valence-electron chi connectivity index (χ3n) is 5.01. The summed E-state index contributed by atoms with van der Waals surface area (Å²) >= 11 is 0. The molecular weight excluding hydrogens is 250 g/mol. The van der Waals surface area contributed by atoms with Crippen LogP contribution in [0.15, 0.2) is 12.4 Å². The fourth-order valence-electron chi connectivity index (χ4n) is 3.75. The van der Waals surface area contributed by atoms with Gasteiger partial charge in [0, 0.05) is 44.6 Å². The molecule has 4 rings (SSSR count). The first-order valence-electron chi connectivity index (χ1n) is 7.89. The van der Waals surface area contributed by atoms with E-state index < -0.39 is 0 Å². The number of hydrogen-bond donors (Lipinski definition) is 1. The van der Waals surface area contributed by atoms with E-state index in [0.717, 1.165) is 43.7 Å². The maximum absolute atomic E-state index is 6.35. The monoisotopic (exact) mass is 273 g/mol. The van der Waals surface area contributed by atoms with Crippen LogP contribution in [0.3, 0.4) is 0 Å². The molecule has 3 fully saturated rings. The summed E-state index contributed by atoms with van der Waals surface area (Å²) in [5.41, 5.74) is 6.35. The predicted octanol–water partition coefficient (Wildman–Crippen LogP) is 1.25. The molecule has 3 heterocycles. The Hall–Kier alpha value is -1.36. The van der Waals surface area contributed by atoms with Gasteiger partial charge in [-0.25, -0.2) is 9.97 Å². The van der Waals surface area contributed by atoms with E-state index in [0.29, 0.717) is 12.0 Å². The summed E-state index contributed by atoms with van der Waals surface area (Å²) in [7, 11) is 0. The van der Waals surface area contributed by atoms with Gasteiger partial charge in [-0.15, -0.1) is 0 Å². The number of nitrogens with two attached hydrogens (primary N) is 1. The van der Waals surface area contributed by atoms with Gasteiger partial charge < -0.3 is 15.5 Å². The highest BCUT2D eigenvalue weighted by Crippen LogP contribution is 2.42. The molecule has 5 nitrogen and oxygen atoms in total. The van der Waals surface area contributed by atoms with E-state index in [1.165, 1.54) is 25.7 Å². The summed E-state index contributed by atoms with van der Waals surface area (Å²) in [6.45, 7) is 4.21. The van der Waals surface area contributed by atoms with Crippen molar-refractivity contribution in [1.82, 2.24) is 9.97 Å². The number of hydrogen-bond acceptors (Lipinski definition) is 5. The van der Waals surface area contributed by atoms with Crippen molar-refractivity contribution in [3.05, 3.63) is 12.4 Å². The van der Waals surface area contributed by atoms with Crippen molar-refractivity contribution in [2.75, 3.05) is 36.0 Å². The van der Waals surface area contributed by atoms with Crippen LogP contribution in [0.25, 0.3) is 0 Å². The minimum atomic E-state index is 0.302. The number of nitrogens with zero attached hydrogens (tertiary/aromatic N) is 4. The van der Waals surface area contributed by atoms with Gasteiger partial charge in [0.2, 0.25) is 0 Å². The Morgan fingerprint density at radius 2 is 1.60 bits per heavy atom. The molecule has 5 heteroatoms. The molecule has 2 aliphatic heterocycles. The molecule has 0 spiro atoms. The molecule has 1 aromatic rings. The highest BCUT2D eigenvalue weighted by atomic mass is 15.3. The van der Waals surface area contributed by atoms with Crippen LogP contribution < -0.4 is 15.5 Å². The van der Waals surface area contributed by atoms with Gasteiger partial charge in [0.1, 0.15) is 0 Å². The van der Waals surface area contributed by atoms with Crippen LogP contribution in [0.4, 0.5) is 11.6 Å². The van der Waals surface area contributed by atoms with Crippen LogP contribution in [0.2, 0.25) is 0 Å². The van der Waals surface area contributed by atoms with E-state index in [1.807, 2.05) is 12.4 Å². The van der Waals surface area contributed by atoms with Crippen LogP contribution in [0.1, 0.15) is 25.7 Å². The van der Waals surface area contributed by atoms with Crippen LogP contribution in [0, 0.1) is 11.8 Å². The second-order valence-corrected chi connectivity index (χ2v) is 6.47. The first kappa shape index (κ1) is 12.4. The fourth-order valence-corrected chi connectivity index (χ4v) is 3.75. The summed E-state index contributed by atoms with van der Waals surface area (Å²) in [4.78, 5) is 14.0. The van der Waals surface area contributed by atoms with Crippen molar-refractivity contribution in [3.8, 4) is 0 Å². The van der Waals surface area contributed by atoms with Crippen LogP contribution in [0.5, 0.6) is 0 Å². The number of aromatic nitrogens is 2. The molecule has 108 valence electrons. The summed E-state index contributed by atoms with van der Waals surface area (Å²) in [6, 6.07) is 0.302. The third kappa shape index (κ3) is 2.14. The topological polar surface area (TPSA) is 58.3 Å². The maximum Gasteiger partial charge on any atom is 0.172 e. The molecule has 0 bridgehead atoms. The van der Waals surface area contributed by atoms with Gasteiger partial charge in [-0.05, 0) is 37.5 Å². The van der Waals surface area contributed by atoms with Crippen LogP contribution in [-0.4, -0.2) is 42.2 Å². The lowest BCUT2D eigenvalue weighted by atomic mass is 9.99. The molecule has 3 aliphatic rings. The SMILES string of the molecule is N[C@@H]1CN(c2nccnc2N2CCCC2)C[C@H]1C1CC1. The molecule has 20 heavy (non-hydrogen) atoms. The number of anilines is 2. The van der Waals surface area contributed by atoms with Gasteiger partial charge >= 0.3 is 0 Å². The molecule has 0 unspecified atom stereocenters. The largest absolute Gasteiger partial charge is 0.354 e. The van der Waals surface area contributed by atoms with E-state index >= 15 is 0 Å². The Kier molecular flexibility index (Phi) is 3.02. The van der Waals surface area contributed by atoms with Gasteiger partial charge in [0.15, 0.2) is 11.6 Å². The van der Waals surface area contributed by atoms with Gasteiger partial charge in [-0.2, -0.15) is 0 Å². The first-order valence-corrected chi connectivity index (χ1v) is 7.89. The lowest BCUT2D eigenvalue weighted by Crippen LogP contribution is -2.31. The lowest BCUT2D eigenvalue weighted by molar-refractivity contribution is 0.456. The van der Waals surface area contributed by atoms with Crippen molar-refractivity contribution < 1.29 is 0 Å². The van der Waals surface area contributed by atoms with Crippen LogP contribution in [-0.2, 0) is 0 Å². The van der Waals surface area contributed by atoms with E-state index in [-0.39, 0.29) is 0 Å². The minimum Gasteiger partial charge on any atom is -0.354 e. The second-order valence-electron chi connectivity index (χ2n) is 6.47. The quantitative estimate of drug-likeness (QED) is 0.898. The van der Waals surface area contributed by atoms with Crippen LogP contribution >= 0.6 is 0 Å². The summed E-state index contributed by atoms with van der Waals surface area (Å²) < 4.78 is 0. The zero-order valence-corrected chi connectivity index (χ0v) is 11.9. The highest BCUT2D eigenvalue weighted by Gasteiger charge is 2.42. The number of rotatable bonds is 3. The third-order valence-corrected chi connectivity index (χ3v) is 5.01. The van der Waals surface area contributed by atoms with E-state index in [1.54, 1.807) is 0 Å². The van der Waals surface area contributed by atoms with E-state index in [9.17, 15) is 0 Å². The Morgan fingerprint density at radius 3 is 2.25 bits per heavy atom. The summed E-state index contributed by atoms with van der Waals surface area (Å²) in [5, 5.41) is 0. The van der Waals surface area contributed by atoms with Crippen molar-refractivity contribution >= 4 is 11.6 Å². The van der Waals surface area contributed by atoms with Gasteiger partial charge in [-0.3, -0.25) is 0 Å². The smallest absolute Gasteiger partial charge is 0.172 e. The predicted molar refractivity (Wildman–Crippen MR) is 79.9 cm³/mol. The van der Waals surface area contributed by atoms with Gasteiger partial charge in [0.05, 0.1) is 0 Å². The summed E-state index contributed by atoms with van der Waals surface area (Å²) in [6.07, 6.45) is 8.88. The lowest BCUT2D eigenvalue weighted by Gasteiger charge is -2.24. The van der Waals surface area contributed by atoms with Crippen molar-refractivity contribution in [2.24, 2.45) is 17.6 Å². The zero-order chi connectivity index (χ0) is 13.5. The highest BCUT2D eigenvalue weighted by molar-refractivity contribution is 5.63. The van der Waals surface area contributed by atoms with E-state index in [4.69, 9.17) is 5.73 Å². The molecule has 0 aromatic carbocycles. The molecule has 0 radical (unpaired) electrons.